The van der Waals surface area contributed by atoms with Crippen molar-refractivity contribution in [1.82, 2.24) is 10.2 Å². The van der Waals surface area contributed by atoms with Crippen LogP contribution in [-0.4, -0.2) is 28.5 Å². The number of ether oxygens (including phenoxy) is 1. The van der Waals surface area contributed by atoms with Gasteiger partial charge in [0.2, 0.25) is 0 Å². The van der Waals surface area contributed by atoms with Gasteiger partial charge in [0.15, 0.2) is 8.29 Å². The number of nitrogens with zero attached hydrogens (tertiary/aromatic N) is 1. The fourth-order valence-corrected chi connectivity index (χ4v) is 3.75. The predicted molar refractivity (Wildman–Crippen MR) is 86.9 cm³/mol. The highest BCUT2D eigenvalue weighted by molar-refractivity contribution is 8.01. The number of rotatable bonds is 10. The Labute approximate surface area is 133 Å². The van der Waals surface area contributed by atoms with E-state index in [-0.39, 0.29) is 5.97 Å². The van der Waals surface area contributed by atoms with Crippen LogP contribution in [0.25, 0.3) is 0 Å². The monoisotopic (exact) mass is 334 g/mol. The van der Waals surface area contributed by atoms with E-state index in [4.69, 9.17) is 17.0 Å². The summed E-state index contributed by atoms with van der Waals surface area (Å²) in [5.41, 5.74) is 0. The molecule has 0 spiro atoms. The van der Waals surface area contributed by atoms with Gasteiger partial charge in [-0.15, -0.1) is 0 Å². The summed E-state index contributed by atoms with van der Waals surface area (Å²) in [5.74, 6) is 1.07. The maximum Gasteiger partial charge on any atom is 0.306 e. The number of aromatic nitrogens is 2. The Balaban J connectivity index is 2.14. The van der Waals surface area contributed by atoms with Crippen molar-refractivity contribution in [3.05, 3.63) is 3.95 Å². The van der Waals surface area contributed by atoms with Crippen molar-refractivity contribution >= 4 is 41.3 Å². The lowest BCUT2D eigenvalue weighted by atomic mass is 10.0. The molecule has 1 N–H and O–H groups in total. The third-order valence-electron chi connectivity index (χ3n) is 2.97. The first-order chi connectivity index (χ1) is 9.65. The fraction of sp³-hybridized carbons (Fsp3) is 0.769. The molecule has 1 unspecified atom stereocenters. The molecule has 1 aromatic heterocycles. The second-order valence-corrected chi connectivity index (χ2v) is 7.58. The van der Waals surface area contributed by atoms with Crippen LogP contribution in [-0.2, 0) is 9.53 Å². The van der Waals surface area contributed by atoms with E-state index in [0.29, 0.717) is 28.7 Å². The van der Waals surface area contributed by atoms with E-state index >= 15 is 0 Å². The number of carbonyl (C=O) groups is 1. The van der Waals surface area contributed by atoms with E-state index in [9.17, 15) is 4.79 Å². The maximum atomic E-state index is 11.7. The summed E-state index contributed by atoms with van der Waals surface area (Å²) in [4.78, 5) is 11.7. The van der Waals surface area contributed by atoms with Crippen LogP contribution in [0.2, 0.25) is 0 Å². The molecule has 1 atom stereocenters. The second-order valence-electron chi connectivity index (χ2n) is 4.58. The summed E-state index contributed by atoms with van der Waals surface area (Å²) in [6.07, 6.45) is 5.03. The van der Waals surface area contributed by atoms with Gasteiger partial charge in [0.05, 0.1) is 13.0 Å². The molecule has 7 heteroatoms. The van der Waals surface area contributed by atoms with Crippen molar-refractivity contribution in [2.24, 2.45) is 5.92 Å². The van der Waals surface area contributed by atoms with E-state index in [1.807, 2.05) is 0 Å². The van der Waals surface area contributed by atoms with E-state index in [1.54, 1.807) is 0 Å². The Morgan fingerprint density at radius 3 is 2.95 bits per heavy atom. The van der Waals surface area contributed by atoms with Crippen molar-refractivity contribution in [2.75, 3.05) is 12.4 Å². The van der Waals surface area contributed by atoms with E-state index in [1.165, 1.54) is 35.9 Å². The first-order valence-electron chi connectivity index (χ1n) is 6.99. The van der Waals surface area contributed by atoms with Gasteiger partial charge < -0.3 is 4.74 Å². The van der Waals surface area contributed by atoms with E-state index < -0.39 is 0 Å². The molecule has 114 valence electrons. The third kappa shape index (κ3) is 7.40. The normalized spacial score (nSPS) is 12.3. The highest BCUT2D eigenvalue weighted by Crippen LogP contribution is 2.21. The van der Waals surface area contributed by atoms with Gasteiger partial charge in [-0.1, -0.05) is 56.2 Å². The summed E-state index contributed by atoms with van der Waals surface area (Å²) in [6.45, 7) is 4.89. The first-order valence-corrected chi connectivity index (χ1v) is 9.20. The maximum absolute atomic E-state index is 11.7. The minimum Gasteiger partial charge on any atom is -0.465 e. The summed E-state index contributed by atoms with van der Waals surface area (Å²) in [7, 11) is 0. The zero-order chi connectivity index (χ0) is 14.8. The SMILES string of the molecule is CCCCC(CC)COC(=O)CCSc1n[nH]c(=S)s1. The molecule has 0 radical (unpaired) electrons. The molecule has 0 aliphatic rings. The fourth-order valence-electron chi connectivity index (χ4n) is 1.68. The van der Waals surface area contributed by atoms with Gasteiger partial charge >= 0.3 is 5.97 Å². The van der Waals surface area contributed by atoms with Crippen LogP contribution in [0.3, 0.4) is 0 Å². The Bertz CT molecular complexity index is 445. The molecule has 0 saturated heterocycles. The number of H-pyrrole nitrogens is 1. The molecule has 0 amide bonds. The van der Waals surface area contributed by atoms with Crippen LogP contribution in [0.1, 0.15) is 46.0 Å². The Morgan fingerprint density at radius 1 is 1.55 bits per heavy atom. The zero-order valence-corrected chi connectivity index (χ0v) is 14.5. The van der Waals surface area contributed by atoms with Gasteiger partial charge in [0, 0.05) is 5.75 Å². The van der Waals surface area contributed by atoms with E-state index in [2.05, 4.69) is 24.0 Å². The highest BCUT2D eigenvalue weighted by Gasteiger charge is 2.10. The average molecular weight is 335 g/mol. The van der Waals surface area contributed by atoms with Gasteiger partial charge in [-0.25, -0.2) is 0 Å². The smallest absolute Gasteiger partial charge is 0.306 e. The highest BCUT2D eigenvalue weighted by atomic mass is 32.2. The van der Waals surface area contributed by atoms with Crippen LogP contribution in [0.15, 0.2) is 4.34 Å². The number of hydrogen-bond donors (Lipinski definition) is 1. The molecular weight excluding hydrogens is 312 g/mol. The number of thioether (sulfide) groups is 1. The molecule has 1 aromatic rings. The number of aromatic amines is 1. The molecule has 20 heavy (non-hydrogen) atoms. The molecule has 1 rings (SSSR count). The summed E-state index contributed by atoms with van der Waals surface area (Å²) in [6, 6.07) is 0. The van der Waals surface area contributed by atoms with Gasteiger partial charge in [0.25, 0.3) is 0 Å². The lowest BCUT2D eigenvalue weighted by Crippen LogP contribution is -2.14. The van der Waals surface area contributed by atoms with E-state index in [0.717, 1.165) is 17.2 Å². The van der Waals surface area contributed by atoms with Gasteiger partial charge in [-0.2, -0.15) is 5.10 Å². The Morgan fingerprint density at radius 2 is 2.35 bits per heavy atom. The van der Waals surface area contributed by atoms with Gasteiger partial charge in [0.1, 0.15) is 0 Å². The zero-order valence-electron chi connectivity index (χ0n) is 12.0. The van der Waals surface area contributed by atoms with Crippen LogP contribution < -0.4 is 0 Å². The lowest BCUT2D eigenvalue weighted by Gasteiger charge is -2.14. The molecule has 1 heterocycles. The molecule has 0 bridgehead atoms. The van der Waals surface area contributed by atoms with Crippen molar-refractivity contribution in [1.29, 1.82) is 0 Å². The first kappa shape index (κ1) is 17.7. The summed E-state index contributed by atoms with van der Waals surface area (Å²) in [5, 5.41) is 6.75. The number of esters is 1. The van der Waals surface area contributed by atoms with Gasteiger partial charge in [-0.05, 0) is 24.6 Å². The predicted octanol–water partition coefficient (Wildman–Crippen LogP) is 4.44. The topological polar surface area (TPSA) is 55.0 Å². The van der Waals surface area contributed by atoms with Crippen molar-refractivity contribution in [3.8, 4) is 0 Å². The van der Waals surface area contributed by atoms with Crippen LogP contribution in [0, 0.1) is 9.87 Å². The summed E-state index contributed by atoms with van der Waals surface area (Å²) >= 11 is 7.91. The van der Waals surface area contributed by atoms with Crippen molar-refractivity contribution in [2.45, 2.75) is 50.3 Å². The Kier molecular flexibility index (Phi) is 9.13. The van der Waals surface area contributed by atoms with Crippen LogP contribution in [0.5, 0.6) is 0 Å². The summed E-state index contributed by atoms with van der Waals surface area (Å²) < 4.78 is 6.87. The molecule has 0 saturated carbocycles. The number of hydrogen-bond acceptors (Lipinski definition) is 6. The third-order valence-corrected chi connectivity index (χ3v) is 5.21. The van der Waals surface area contributed by atoms with Crippen LogP contribution in [0.4, 0.5) is 0 Å². The minimum absolute atomic E-state index is 0.119. The minimum atomic E-state index is -0.119. The molecule has 0 aromatic carbocycles. The molecule has 0 aliphatic carbocycles. The molecular formula is C13H22N2O2S3. The molecule has 0 fully saturated rings. The lowest BCUT2D eigenvalue weighted by molar-refractivity contribution is -0.144. The number of carbonyl (C=O) groups excluding carboxylic acids is 1. The molecule has 0 aliphatic heterocycles. The standard InChI is InChI=1S/C13H22N2O2S3/c1-3-5-6-10(4-2)9-17-11(16)7-8-19-13-15-14-12(18)20-13/h10H,3-9H2,1-2H3,(H,14,18). The van der Waals surface area contributed by atoms with Gasteiger partial charge in [-0.3, -0.25) is 9.89 Å². The number of nitrogens with one attached hydrogen (secondary N) is 1. The second kappa shape index (κ2) is 10.3. The quantitative estimate of drug-likeness (QED) is 0.389. The van der Waals surface area contributed by atoms with Crippen molar-refractivity contribution < 1.29 is 9.53 Å². The number of unbranched alkanes of at least 4 members (excludes halogenated alkanes) is 1. The van der Waals surface area contributed by atoms with Crippen LogP contribution >= 0.6 is 35.3 Å². The largest absolute Gasteiger partial charge is 0.465 e. The Hall–Kier alpha value is -0.400. The molecule has 4 nitrogen and oxygen atoms in total. The van der Waals surface area contributed by atoms with Crippen molar-refractivity contribution in [3.63, 3.8) is 0 Å². The average Bonchev–Trinajstić information content (AvgIpc) is 2.85.